The summed E-state index contributed by atoms with van der Waals surface area (Å²) in [5, 5.41) is 21.2. The van der Waals surface area contributed by atoms with Crippen LogP contribution in [-0.4, -0.2) is 24.4 Å². The lowest BCUT2D eigenvalue weighted by atomic mass is 9.97. The summed E-state index contributed by atoms with van der Waals surface area (Å²) in [4.78, 5) is 0. The third kappa shape index (κ3) is 5.70. The number of aryl methyl sites for hydroxylation is 4. The first-order valence-corrected chi connectivity index (χ1v) is 11.5. The molecule has 0 aliphatic carbocycles. The van der Waals surface area contributed by atoms with Gasteiger partial charge in [0.25, 0.3) is 0 Å². The molecule has 0 unspecified atom stereocenters. The predicted octanol–water partition coefficient (Wildman–Crippen LogP) is 6.35. The van der Waals surface area contributed by atoms with Crippen molar-refractivity contribution >= 4 is 0 Å². The van der Waals surface area contributed by atoms with E-state index in [0.717, 1.165) is 59.4 Å². The van der Waals surface area contributed by atoms with E-state index >= 15 is 0 Å². The van der Waals surface area contributed by atoms with Gasteiger partial charge in [0.15, 0.2) is 0 Å². The van der Waals surface area contributed by atoms with Gasteiger partial charge in [-0.3, -0.25) is 0 Å². The summed E-state index contributed by atoms with van der Waals surface area (Å²) in [6, 6.07) is 27.4. The Labute approximate surface area is 201 Å². The summed E-state index contributed by atoms with van der Waals surface area (Å²) < 4.78 is 10.4. The SMILES string of the molecule is COc1ccc(CCc2ccc(-c3ccc(CCc4ccc(OC)cc4)c(O)c3)cc2O)cc1. The van der Waals surface area contributed by atoms with Gasteiger partial charge < -0.3 is 19.7 Å². The lowest BCUT2D eigenvalue weighted by Crippen LogP contribution is -1.94. The lowest BCUT2D eigenvalue weighted by molar-refractivity contribution is 0.414. The van der Waals surface area contributed by atoms with E-state index in [1.807, 2.05) is 72.8 Å². The van der Waals surface area contributed by atoms with Crippen molar-refractivity contribution < 1.29 is 19.7 Å². The van der Waals surface area contributed by atoms with E-state index in [1.54, 1.807) is 26.4 Å². The third-order valence-electron chi connectivity index (χ3n) is 6.19. The zero-order chi connectivity index (χ0) is 23.9. The quantitative estimate of drug-likeness (QED) is 0.309. The maximum Gasteiger partial charge on any atom is 0.119 e. The monoisotopic (exact) mass is 454 g/mol. The van der Waals surface area contributed by atoms with Gasteiger partial charge in [-0.2, -0.15) is 0 Å². The third-order valence-corrected chi connectivity index (χ3v) is 6.19. The first kappa shape index (κ1) is 23.2. The Morgan fingerprint density at radius 1 is 0.500 bits per heavy atom. The largest absolute Gasteiger partial charge is 0.508 e. The smallest absolute Gasteiger partial charge is 0.119 e. The molecule has 0 radical (unpaired) electrons. The highest BCUT2D eigenvalue weighted by Crippen LogP contribution is 2.31. The molecular weight excluding hydrogens is 424 g/mol. The molecule has 4 aromatic rings. The van der Waals surface area contributed by atoms with Gasteiger partial charge in [0, 0.05) is 0 Å². The molecule has 4 heteroatoms. The van der Waals surface area contributed by atoms with Crippen LogP contribution in [0.2, 0.25) is 0 Å². The van der Waals surface area contributed by atoms with Crippen molar-refractivity contribution in [2.45, 2.75) is 25.7 Å². The van der Waals surface area contributed by atoms with Gasteiger partial charge in [-0.1, -0.05) is 48.5 Å². The van der Waals surface area contributed by atoms with Crippen LogP contribution in [0.15, 0.2) is 84.9 Å². The van der Waals surface area contributed by atoms with Crippen molar-refractivity contribution in [3.05, 3.63) is 107 Å². The highest BCUT2D eigenvalue weighted by molar-refractivity contribution is 5.68. The molecule has 0 saturated heterocycles. The molecule has 0 heterocycles. The minimum absolute atomic E-state index is 0.272. The Morgan fingerprint density at radius 3 is 1.21 bits per heavy atom. The number of aromatic hydroxyl groups is 2. The second kappa shape index (κ2) is 10.8. The molecule has 4 rings (SSSR count). The van der Waals surface area contributed by atoms with Crippen LogP contribution >= 0.6 is 0 Å². The average Bonchev–Trinajstić information content (AvgIpc) is 2.88. The number of phenols is 2. The van der Waals surface area contributed by atoms with Crippen LogP contribution in [0.1, 0.15) is 22.3 Å². The Balaban J connectivity index is 1.40. The average molecular weight is 455 g/mol. The Kier molecular flexibility index (Phi) is 7.38. The molecule has 0 fully saturated rings. The van der Waals surface area contributed by atoms with E-state index in [0.29, 0.717) is 0 Å². The Hall–Kier alpha value is -3.92. The van der Waals surface area contributed by atoms with Crippen molar-refractivity contribution in [1.29, 1.82) is 0 Å². The number of methoxy groups -OCH3 is 2. The molecule has 0 atom stereocenters. The van der Waals surface area contributed by atoms with Crippen LogP contribution in [0.25, 0.3) is 11.1 Å². The van der Waals surface area contributed by atoms with Crippen molar-refractivity contribution in [1.82, 2.24) is 0 Å². The fraction of sp³-hybridized carbons (Fsp3) is 0.200. The topological polar surface area (TPSA) is 58.9 Å². The molecule has 2 N–H and O–H groups in total. The standard InChI is InChI=1S/C30H30O4/c1-33-27-15-5-21(6-16-27)3-9-23-11-13-25(19-29(23)31)26-14-12-24(30(32)20-26)10-4-22-7-17-28(34-2)18-8-22/h5-8,11-20,31-32H,3-4,9-10H2,1-2H3. The van der Waals surface area contributed by atoms with Crippen molar-refractivity contribution in [3.8, 4) is 34.1 Å². The van der Waals surface area contributed by atoms with Crippen LogP contribution in [0.5, 0.6) is 23.0 Å². The first-order chi connectivity index (χ1) is 16.6. The summed E-state index contributed by atoms with van der Waals surface area (Å²) in [5.41, 5.74) is 5.95. The van der Waals surface area contributed by atoms with Gasteiger partial charge in [-0.15, -0.1) is 0 Å². The summed E-state index contributed by atoms with van der Waals surface area (Å²) >= 11 is 0. The molecule has 0 amide bonds. The van der Waals surface area contributed by atoms with Gasteiger partial charge in [0.2, 0.25) is 0 Å². The predicted molar refractivity (Wildman–Crippen MR) is 136 cm³/mol. The fourth-order valence-electron chi connectivity index (χ4n) is 4.05. The van der Waals surface area contributed by atoms with Crippen LogP contribution in [-0.2, 0) is 25.7 Å². The number of rotatable bonds is 9. The molecule has 0 spiro atoms. The van der Waals surface area contributed by atoms with E-state index in [4.69, 9.17) is 9.47 Å². The molecule has 0 aromatic heterocycles. The molecule has 0 aliphatic heterocycles. The van der Waals surface area contributed by atoms with E-state index in [-0.39, 0.29) is 11.5 Å². The van der Waals surface area contributed by atoms with E-state index in [2.05, 4.69) is 0 Å². The van der Waals surface area contributed by atoms with Crippen molar-refractivity contribution in [3.63, 3.8) is 0 Å². The maximum atomic E-state index is 10.6. The highest BCUT2D eigenvalue weighted by atomic mass is 16.5. The van der Waals surface area contributed by atoms with Gasteiger partial charge in [0.1, 0.15) is 23.0 Å². The van der Waals surface area contributed by atoms with Gasteiger partial charge in [-0.05, 0) is 95.5 Å². The molecule has 174 valence electrons. The number of ether oxygens (including phenoxy) is 2. The summed E-state index contributed by atoms with van der Waals surface area (Å²) in [6.45, 7) is 0. The molecular formula is C30H30O4. The number of benzene rings is 4. The summed E-state index contributed by atoms with van der Waals surface area (Å²) in [6.07, 6.45) is 3.16. The lowest BCUT2D eigenvalue weighted by Gasteiger charge is -2.11. The zero-order valence-corrected chi connectivity index (χ0v) is 19.6. The van der Waals surface area contributed by atoms with Crippen LogP contribution in [0.3, 0.4) is 0 Å². The second-order valence-electron chi connectivity index (χ2n) is 8.38. The van der Waals surface area contributed by atoms with Crippen LogP contribution in [0.4, 0.5) is 0 Å². The van der Waals surface area contributed by atoms with Gasteiger partial charge >= 0.3 is 0 Å². The van der Waals surface area contributed by atoms with Crippen LogP contribution < -0.4 is 9.47 Å². The minimum atomic E-state index is 0.272. The Bertz CT molecular complexity index is 1130. The maximum absolute atomic E-state index is 10.6. The molecule has 4 nitrogen and oxygen atoms in total. The van der Waals surface area contributed by atoms with Gasteiger partial charge in [0.05, 0.1) is 14.2 Å². The second-order valence-corrected chi connectivity index (χ2v) is 8.38. The summed E-state index contributed by atoms with van der Waals surface area (Å²) in [7, 11) is 3.31. The molecule has 0 aliphatic rings. The molecule has 0 bridgehead atoms. The van der Waals surface area contributed by atoms with Crippen LogP contribution in [0, 0.1) is 0 Å². The molecule has 34 heavy (non-hydrogen) atoms. The normalized spacial score (nSPS) is 10.8. The Morgan fingerprint density at radius 2 is 0.882 bits per heavy atom. The molecule has 4 aromatic carbocycles. The van der Waals surface area contributed by atoms with Crippen molar-refractivity contribution in [2.24, 2.45) is 0 Å². The van der Waals surface area contributed by atoms with Gasteiger partial charge in [-0.25, -0.2) is 0 Å². The molecule has 0 saturated carbocycles. The van der Waals surface area contributed by atoms with Crippen molar-refractivity contribution in [2.75, 3.05) is 14.2 Å². The minimum Gasteiger partial charge on any atom is -0.508 e. The number of phenolic OH excluding ortho intramolecular Hbond substituents is 2. The number of hydrogen-bond donors (Lipinski definition) is 2. The zero-order valence-electron chi connectivity index (χ0n) is 19.6. The van der Waals surface area contributed by atoms with E-state index in [9.17, 15) is 10.2 Å². The highest BCUT2D eigenvalue weighted by Gasteiger charge is 2.09. The number of hydrogen-bond acceptors (Lipinski definition) is 4. The van der Waals surface area contributed by atoms with E-state index < -0.39 is 0 Å². The van der Waals surface area contributed by atoms with E-state index in [1.165, 1.54) is 11.1 Å². The summed E-state index contributed by atoms with van der Waals surface area (Å²) in [5.74, 6) is 2.22. The fourth-order valence-corrected chi connectivity index (χ4v) is 4.05. The first-order valence-electron chi connectivity index (χ1n) is 11.5.